The number of rotatable bonds is 1. The molecule has 0 aliphatic heterocycles. The van der Waals surface area contributed by atoms with Gasteiger partial charge in [0, 0.05) is 22.7 Å². The lowest BCUT2D eigenvalue weighted by atomic mass is 9.86. The Kier molecular flexibility index (Phi) is 2.31. The Morgan fingerprint density at radius 2 is 2.00 bits per heavy atom. The maximum Gasteiger partial charge on any atom is 0.0944 e. The molecule has 1 aromatic heterocycles. The van der Waals surface area contributed by atoms with Crippen molar-refractivity contribution in [2.24, 2.45) is 0 Å². The minimum Gasteiger partial charge on any atom is -0.399 e. The van der Waals surface area contributed by atoms with Gasteiger partial charge in [0.25, 0.3) is 0 Å². The molecule has 0 unspecified atom stereocenters. The summed E-state index contributed by atoms with van der Waals surface area (Å²) in [6.45, 7) is 0. The average molecular weight is 215 g/mol. The fourth-order valence-electron chi connectivity index (χ4n) is 2.75. The molecule has 0 bridgehead atoms. The number of aromatic nitrogens is 2. The topological polar surface area (TPSA) is 54.7 Å². The first-order valence-electron chi connectivity index (χ1n) is 6.08. The number of anilines is 1. The number of nitrogens with two attached hydrogens (primary N) is 1. The third-order valence-corrected chi connectivity index (χ3v) is 3.62. The number of nitrogens with one attached hydrogen (secondary N) is 1. The minimum atomic E-state index is 0.669. The quantitative estimate of drug-likeness (QED) is 0.718. The van der Waals surface area contributed by atoms with Crippen molar-refractivity contribution < 1.29 is 0 Å². The highest BCUT2D eigenvalue weighted by Crippen LogP contribution is 2.35. The molecule has 1 aliphatic carbocycles. The zero-order chi connectivity index (χ0) is 11.0. The largest absolute Gasteiger partial charge is 0.399 e. The van der Waals surface area contributed by atoms with Gasteiger partial charge in [-0.15, -0.1) is 0 Å². The van der Waals surface area contributed by atoms with Crippen molar-refractivity contribution >= 4 is 16.6 Å². The molecule has 0 amide bonds. The van der Waals surface area contributed by atoms with E-state index in [0.717, 1.165) is 11.2 Å². The van der Waals surface area contributed by atoms with E-state index >= 15 is 0 Å². The van der Waals surface area contributed by atoms with E-state index in [1.807, 2.05) is 12.1 Å². The summed E-state index contributed by atoms with van der Waals surface area (Å²) in [7, 11) is 0. The van der Waals surface area contributed by atoms with Crippen LogP contribution in [0.2, 0.25) is 0 Å². The first kappa shape index (κ1) is 9.70. The Labute approximate surface area is 95.0 Å². The number of nitrogen functional groups attached to an aromatic ring is 1. The van der Waals surface area contributed by atoms with Crippen molar-refractivity contribution in [1.82, 2.24) is 10.2 Å². The number of H-pyrrole nitrogens is 1. The zero-order valence-electron chi connectivity index (χ0n) is 9.37. The first-order chi connectivity index (χ1) is 7.84. The SMILES string of the molecule is Nc1ccc2c(C3CCCCC3)[nH]nc2c1. The number of hydrogen-bond donors (Lipinski definition) is 2. The molecular formula is C13H17N3. The van der Waals surface area contributed by atoms with Crippen molar-refractivity contribution in [2.45, 2.75) is 38.0 Å². The lowest BCUT2D eigenvalue weighted by Gasteiger charge is -2.20. The maximum absolute atomic E-state index is 5.76. The van der Waals surface area contributed by atoms with E-state index in [0.29, 0.717) is 5.92 Å². The van der Waals surface area contributed by atoms with Crippen molar-refractivity contribution in [3.05, 3.63) is 23.9 Å². The molecule has 2 aromatic rings. The van der Waals surface area contributed by atoms with Gasteiger partial charge in [-0.3, -0.25) is 5.10 Å². The van der Waals surface area contributed by atoms with Gasteiger partial charge < -0.3 is 5.73 Å². The Hall–Kier alpha value is -1.51. The molecule has 0 atom stereocenters. The van der Waals surface area contributed by atoms with Gasteiger partial charge in [-0.25, -0.2) is 0 Å². The van der Waals surface area contributed by atoms with Gasteiger partial charge in [-0.2, -0.15) is 5.10 Å². The lowest BCUT2D eigenvalue weighted by Crippen LogP contribution is -2.05. The van der Waals surface area contributed by atoms with Crippen molar-refractivity contribution in [3.63, 3.8) is 0 Å². The Morgan fingerprint density at radius 3 is 2.81 bits per heavy atom. The van der Waals surface area contributed by atoms with Crippen LogP contribution < -0.4 is 5.73 Å². The Balaban J connectivity index is 2.03. The third kappa shape index (κ3) is 1.56. The van der Waals surface area contributed by atoms with E-state index in [1.165, 1.54) is 43.2 Å². The minimum absolute atomic E-state index is 0.669. The van der Waals surface area contributed by atoms with E-state index in [4.69, 9.17) is 5.73 Å². The summed E-state index contributed by atoms with van der Waals surface area (Å²) >= 11 is 0. The van der Waals surface area contributed by atoms with Crippen LogP contribution in [0.4, 0.5) is 5.69 Å². The molecule has 3 rings (SSSR count). The molecule has 1 heterocycles. The molecular weight excluding hydrogens is 198 g/mol. The normalized spacial score (nSPS) is 18.0. The van der Waals surface area contributed by atoms with Crippen LogP contribution in [-0.4, -0.2) is 10.2 Å². The molecule has 1 fully saturated rings. The Morgan fingerprint density at radius 1 is 1.19 bits per heavy atom. The highest BCUT2D eigenvalue weighted by atomic mass is 15.1. The van der Waals surface area contributed by atoms with Crippen LogP contribution >= 0.6 is 0 Å². The second-order valence-corrected chi connectivity index (χ2v) is 4.75. The van der Waals surface area contributed by atoms with Crippen LogP contribution in [-0.2, 0) is 0 Å². The summed E-state index contributed by atoms with van der Waals surface area (Å²) in [4.78, 5) is 0. The van der Waals surface area contributed by atoms with Crippen molar-refractivity contribution in [3.8, 4) is 0 Å². The molecule has 1 aliphatic rings. The molecule has 0 saturated heterocycles. The van der Waals surface area contributed by atoms with Crippen molar-refractivity contribution in [1.29, 1.82) is 0 Å². The number of nitrogens with zero attached hydrogens (tertiary/aromatic N) is 1. The first-order valence-corrected chi connectivity index (χ1v) is 6.08. The van der Waals surface area contributed by atoms with Gasteiger partial charge >= 0.3 is 0 Å². The van der Waals surface area contributed by atoms with Gasteiger partial charge in [0.2, 0.25) is 0 Å². The molecule has 1 aromatic carbocycles. The summed E-state index contributed by atoms with van der Waals surface area (Å²) < 4.78 is 0. The number of aromatic amines is 1. The molecule has 3 N–H and O–H groups in total. The highest BCUT2D eigenvalue weighted by Gasteiger charge is 2.19. The summed E-state index contributed by atoms with van der Waals surface area (Å²) in [6.07, 6.45) is 6.67. The summed E-state index contributed by atoms with van der Waals surface area (Å²) in [5.74, 6) is 0.669. The number of fused-ring (bicyclic) bond motifs is 1. The predicted molar refractivity (Wildman–Crippen MR) is 66.3 cm³/mol. The fourth-order valence-corrected chi connectivity index (χ4v) is 2.75. The van der Waals surface area contributed by atoms with Gasteiger partial charge in [0.1, 0.15) is 0 Å². The van der Waals surface area contributed by atoms with Crippen LogP contribution in [0, 0.1) is 0 Å². The molecule has 3 heteroatoms. The lowest BCUT2D eigenvalue weighted by molar-refractivity contribution is 0.438. The van der Waals surface area contributed by atoms with Crippen LogP contribution in [0.1, 0.15) is 43.7 Å². The number of benzene rings is 1. The fraction of sp³-hybridized carbons (Fsp3) is 0.462. The summed E-state index contributed by atoms with van der Waals surface area (Å²) in [6, 6.07) is 6.00. The monoisotopic (exact) mass is 215 g/mol. The second kappa shape index (κ2) is 3.81. The summed E-state index contributed by atoms with van der Waals surface area (Å²) in [5, 5.41) is 8.81. The van der Waals surface area contributed by atoms with Gasteiger partial charge in [0.05, 0.1) is 5.52 Å². The van der Waals surface area contributed by atoms with Crippen LogP contribution in [0.5, 0.6) is 0 Å². The van der Waals surface area contributed by atoms with E-state index in [-0.39, 0.29) is 0 Å². The smallest absolute Gasteiger partial charge is 0.0944 e. The van der Waals surface area contributed by atoms with Gasteiger partial charge in [-0.05, 0) is 31.0 Å². The Bertz CT molecular complexity index is 495. The van der Waals surface area contributed by atoms with Gasteiger partial charge in [0.15, 0.2) is 0 Å². The zero-order valence-corrected chi connectivity index (χ0v) is 9.37. The van der Waals surface area contributed by atoms with Crippen LogP contribution in [0.15, 0.2) is 18.2 Å². The van der Waals surface area contributed by atoms with E-state index in [2.05, 4.69) is 16.3 Å². The molecule has 0 radical (unpaired) electrons. The maximum atomic E-state index is 5.76. The molecule has 0 spiro atoms. The molecule has 84 valence electrons. The summed E-state index contributed by atoms with van der Waals surface area (Å²) in [5.41, 5.74) is 8.86. The van der Waals surface area contributed by atoms with Gasteiger partial charge in [-0.1, -0.05) is 19.3 Å². The standard InChI is InChI=1S/C13H17N3/c14-10-6-7-11-12(8-10)15-16-13(11)9-4-2-1-3-5-9/h6-9H,1-5,14H2,(H,15,16). The average Bonchev–Trinajstić information content (AvgIpc) is 2.73. The highest BCUT2D eigenvalue weighted by molar-refractivity contribution is 5.84. The number of hydrogen-bond acceptors (Lipinski definition) is 2. The van der Waals surface area contributed by atoms with E-state index in [9.17, 15) is 0 Å². The second-order valence-electron chi connectivity index (χ2n) is 4.75. The van der Waals surface area contributed by atoms with Crippen LogP contribution in [0.3, 0.4) is 0 Å². The van der Waals surface area contributed by atoms with E-state index < -0.39 is 0 Å². The molecule has 3 nitrogen and oxygen atoms in total. The molecule has 1 saturated carbocycles. The van der Waals surface area contributed by atoms with E-state index in [1.54, 1.807) is 0 Å². The van der Waals surface area contributed by atoms with Crippen molar-refractivity contribution in [2.75, 3.05) is 5.73 Å². The third-order valence-electron chi connectivity index (χ3n) is 3.62. The molecule has 16 heavy (non-hydrogen) atoms. The predicted octanol–water partition coefficient (Wildman–Crippen LogP) is 3.19. The van der Waals surface area contributed by atoms with Crippen LogP contribution in [0.25, 0.3) is 10.9 Å².